The van der Waals surface area contributed by atoms with Crippen molar-refractivity contribution in [1.29, 1.82) is 0 Å². The lowest BCUT2D eigenvalue weighted by Gasteiger charge is -2.41. The molecular weight excluding hydrogens is 464 g/mol. The molecule has 2 aliphatic rings. The van der Waals surface area contributed by atoms with E-state index < -0.39 is 6.04 Å². The molecule has 1 unspecified atom stereocenters. The summed E-state index contributed by atoms with van der Waals surface area (Å²) in [6, 6.07) is 9.29. The zero-order valence-corrected chi connectivity index (χ0v) is 23.6. The van der Waals surface area contributed by atoms with E-state index in [-0.39, 0.29) is 23.8 Å². The summed E-state index contributed by atoms with van der Waals surface area (Å²) in [5.74, 6) is 1.57. The molecule has 2 aliphatic heterocycles. The predicted octanol–water partition coefficient (Wildman–Crippen LogP) is 3.58. The molecule has 0 saturated carbocycles. The highest BCUT2D eigenvalue weighted by Gasteiger charge is 2.39. The van der Waals surface area contributed by atoms with Crippen molar-refractivity contribution in [1.82, 2.24) is 20.0 Å². The van der Waals surface area contributed by atoms with Crippen LogP contribution in [0.25, 0.3) is 0 Å². The van der Waals surface area contributed by atoms with Crippen molar-refractivity contribution in [3.63, 3.8) is 0 Å². The molecule has 0 aliphatic carbocycles. The summed E-state index contributed by atoms with van der Waals surface area (Å²) in [5.41, 5.74) is 1.07. The van der Waals surface area contributed by atoms with E-state index in [2.05, 4.69) is 33.0 Å². The fraction of sp³-hybridized carbons (Fsp3) is 0.700. The Morgan fingerprint density at radius 3 is 2.32 bits per heavy atom. The molecule has 2 fully saturated rings. The van der Waals surface area contributed by atoms with Gasteiger partial charge in [-0.1, -0.05) is 58.0 Å². The molecule has 0 spiro atoms. The molecule has 37 heavy (non-hydrogen) atoms. The highest BCUT2D eigenvalue weighted by molar-refractivity contribution is 5.90. The highest BCUT2D eigenvalue weighted by Crippen LogP contribution is 2.24. The van der Waals surface area contributed by atoms with Crippen LogP contribution in [0, 0.1) is 17.8 Å². The summed E-state index contributed by atoms with van der Waals surface area (Å²) in [7, 11) is 1.90. The van der Waals surface area contributed by atoms with Gasteiger partial charge in [0.1, 0.15) is 6.04 Å². The predicted molar refractivity (Wildman–Crippen MR) is 148 cm³/mol. The molecule has 0 bridgehead atoms. The lowest BCUT2D eigenvalue weighted by atomic mass is 9.91. The average Bonchev–Trinajstić information content (AvgIpc) is 2.87. The third kappa shape index (κ3) is 8.56. The number of likely N-dealkylation sites (tertiary alicyclic amines) is 1. The number of piperazine rings is 1. The van der Waals surface area contributed by atoms with Crippen LogP contribution in [0.5, 0.6) is 0 Å². The monoisotopic (exact) mass is 512 g/mol. The number of carbonyl (C=O) groups is 3. The molecule has 206 valence electrons. The SMILES string of the molecule is CC(C)CCN(C)C(=O)CC1CCN(C(=O)C(Cc2ccccc2)N2CCN[C@@H](CC(C)C)C2=O)CC1. The number of piperidine rings is 1. The minimum atomic E-state index is -0.494. The number of nitrogens with one attached hydrogen (secondary N) is 1. The van der Waals surface area contributed by atoms with Crippen molar-refractivity contribution >= 4 is 17.7 Å². The van der Waals surface area contributed by atoms with Crippen molar-refractivity contribution in [2.24, 2.45) is 17.8 Å². The van der Waals surface area contributed by atoms with Gasteiger partial charge in [-0.2, -0.15) is 0 Å². The smallest absolute Gasteiger partial charge is 0.245 e. The van der Waals surface area contributed by atoms with Crippen molar-refractivity contribution in [3.8, 4) is 0 Å². The fourth-order valence-corrected chi connectivity index (χ4v) is 5.44. The van der Waals surface area contributed by atoms with Gasteiger partial charge < -0.3 is 20.0 Å². The van der Waals surface area contributed by atoms with Crippen molar-refractivity contribution in [2.75, 3.05) is 39.8 Å². The van der Waals surface area contributed by atoms with Gasteiger partial charge in [-0.15, -0.1) is 0 Å². The molecule has 7 heteroatoms. The zero-order chi connectivity index (χ0) is 26.9. The number of amides is 3. The van der Waals surface area contributed by atoms with Crippen LogP contribution >= 0.6 is 0 Å². The first-order valence-corrected chi connectivity index (χ1v) is 14.3. The van der Waals surface area contributed by atoms with E-state index in [0.29, 0.717) is 56.8 Å². The summed E-state index contributed by atoms with van der Waals surface area (Å²) in [4.78, 5) is 45.7. The van der Waals surface area contributed by atoms with E-state index in [0.717, 1.165) is 37.8 Å². The maximum Gasteiger partial charge on any atom is 0.245 e. The Hall–Kier alpha value is -2.41. The maximum atomic E-state index is 13.9. The van der Waals surface area contributed by atoms with Gasteiger partial charge in [0, 0.05) is 52.6 Å². The molecule has 2 saturated heterocycles. The standard InChI is InChI=1S/C30H48N4O3/c1-22(2)11-15-32(5)28(35)21-25-12-16-33(17-13-25)30(37)27(20-24-9-7-6-8-10-24)34-18-14-31-26(29(34)36)19-23(3)4/h6-10,22-23,25-27,31H,11-21H2,1-5H3/t26-,27?/m0/s1. The van der Waals surface area contributed by atoms with Gasteiger partial charge in [-0.25, -0.2) is 0 Å². The first kappa shape index (κ1) is 29.2. The Kier molecular flexibility index (Phi) is 11.0. The normalized spacial score (nSPS) is 20.0. The average molecular weight is 513 g/mol. The van der Waals surface area contributed by atoms with Crippen LogP contribution in [-0.2, 0) is 20.8 Å². The highest BCUT2D eigenvalue weighted by atomic mass is 16.2. The Morgan fingerprint density at radius 1 is 1.03 bits per heavy atom. The summed E-state index contributed by atoms with van der Waals surface area (Å²) >= 11 is 0. The van der Waals surface area contributed by atoms with Crippen LogP contribution in [0.3, 0.4) is 0 Å². The second-order valence-corrected chi connectivity index (χ2v) is 11.8. The van der Waals surface area contributed by atoms with Crippen LogP contribution < -0.4 is 5.32 Å². The second kappa shape index (κ2) is 13.9. The Morgan fingerprint density at radius 2 is 1.70 bits per heavy atom. The summed E-state index contributed by atoms with van der Waals surface area (Å²) in [5, 5.41) is 3.36. The van der Waals surface area contributed by atoms with E-state index in [1.165, 1.54) is 0 Å². The zero-order valence-electron chi connectivity index (χ0n) is 23.6. The molecule has 0 radical (unpaired) electrons. The van der Waals surface area contributed by atoms with Crippen molar-refractivity contribution in [2.45, 2.75) is 78.3 Å². The topological polar surface area (TPSA) is 73.0 Å². The van der Waals surface area contributed by atoms with Gasteiger partial charge in [0.25, 0.3) is 0 Å². The third-order valence-electron chi connectivity index (χ3n) is 7.82. The molecule has 1 aromatic rings. The van der Waals surface area contributed by atoms with Crippen molar-refractivity contribution in [3.05, 3.63) is 35.9 Å². The van der Waals surface area contributed by atoms with Crippen LogP contribution in [0.2, 0.25) is 0 Å². The Balaban J connectivity index is 1.64. The fourth-order valence-electron chi connectivity index (χ4n) is 5.44. The first-order valence-electron chi connectivity index (χ1n) is 14.3. The lowest BCUT2D eigenvalue weighted by Crippen LogP contribution is -2.62. The second-order valence-electron chi connectivity index (χ2n) is 11.8. The number of hydrogen-bond acceptors (Lipinski definition) is 4. The van der Waals surface area contributed by atoms with Crippen molar-refractivity contribution < 1.29 is 14.4 Å². The first-order chi connectivity index (χ1) is 17.7. The van der Waals surface area contributed by atoms with E-state index >= 15 is 0 Å². The number of benzene rings is 1. The van der Waals surface area contributed by atoms with E-state index in [1.807, 2.05) is 52.1 Å². The van der Waals surface area contributed by atoms with Gasteiger partial charge in [0.2, 0.25) is 17.7 Å². The number of hydrogen-bond donors (Lipinski definition) is 1. The third-order valence-corrected chi connectivity index (χ3v) is 7.82. The van der Waals surface area contributed by atoms with Gasteiger partial charge in [0.15, 0.2) is 0 Å². The van der Waals surface area contributed by atoms with E-state index in [4.69, 9.17) is 0 Å². The largest absolute Gasteiger partial charge is 0.346 e. The molecular formula is C30H48N4O3. The quantitative estimate of drug-likeness (QED) is 0.492. The summed E-state index contributed by atoms with van der Waals surface area (Å²) in [6.45, 7) is 11.9. The number of carbonyl (C=O) groups excluding carboxylic acids is 3. The molecule has 2 heterocycles. The van der Waals surface area contributed by atoms with Gasteiger partial charge in [0.05, 0.1) is 6.04 Å². The van der Waals surface area contributed by atoms with E-state index in [1.54, 1.807) is 0 Å². The van der Waals surface area contributed by atoms with Crippen LogP contribution in [0.1, 0.15) is 65.4 Å². The Labute approximate surface area is 223 Å². The van der Waals surface area contributed by atoms with Crippen LogP contribution in [0.4, 0.5) is 0 Å². The number of nitrogens with zero attached hydrogens (tertiary/aromatic N) is 3. The molecule has 7 nitrogen and oxygen atoms in total. The minimum absolute atomic E-state index is 0.0409. The van der Waals surface area contributed by atoms with Gasteiger partial charge >= 0.3 is 0 Å². The Bertz CT molecular complexity index is 880. The molecule has 2 atom stereocenters. The van der Waals surface area contributed by atoms with Gasteiger partial charge in [-0.05, 0) is 49.0 Å². The molecule has 3 amide bonds. The molecule has 1 aromatic carbocycles. The van der Waals surface area contributed by atoms with Gasteiger partial charge in [-0.3, -0.25) is 14.4 Å². The van der Waals surface area contributed by atoms with Crippen LogP contribution in [-0.4, -0.2) is 84.3 Å². The molecule has 3 rings (SSSR count). The summed E-state index contributed by atoms with van der Waals surface area (Å²) < 4.78 is 0. The minimum Gasteiger partial charge on any atom is -0.346 e. The summed E-state index contributed by atoms with van der Waals surface area (Å²) in [6.07, 6.45) is 4.53. The number of rotatable bonds is 11. The lowest BCUT2D eigenvalue weighted by molar-refractivity contribution is -0.149. The van der Waals surface area contributed by atoms with Crippen LogP contribution in [0.15, 0.2) is 30.3 Å². The molecule has 0 aromatic heterocycles. The molecule has 1 N–H and O–H groups in total. The van der Waals surface area contributed by atoms with E-state index in [9.17, 15) is 14.4 Å². The maximum absolute atomic E-state index is 13.9.